The predicted molar refractivity (Wildman–Crippen MR) is 85.4 cm³/mol. The summed E-state index contributed by atoms with van der Waals surface area (Å²) in [6, 6.07) is 11.7. The van der Waals surface area contributed by atoms with Gasteiger partial charge in [-0.25, -0.2) is 0 Å². The number of amides is 1. The first-order valence-corrected chi connectivity index (χ1v) is 7.52. The lowest BCUT2D eigenvalue weighted by Crippen LogP contribution is -2.26. The number of hydrogen-bond donors (Lipinski definition) is 1. The van der Waals surface area contributed by atoms with Crippen molar-refractivity contribution in [3.8, 4) is 0 Å². The van der Waals surface area contributed by atoms with Crippen molar-refractivity contribution < 1.29 is 9.21 Å². The maximum Gasteiger partial charge on any atom is 0.287 e. The van der Waals surface area contributed by atoms with Gasteiger partial charge in [0.05, 0.1) is 0 Å². The van der Waals surface area contributed by atoms with E-state index in [0.717, 1.165) is 6.54 Å². The molecule has 0 radical (unpaired) electrons. The molecule has 108 valence electrons. The van der Waals surface area contributed by atoms with Crippen molar-refractivity contribution in [2.45, 2.75) is 13.5 Å². The molecular weight excluding hydrogens is 332 g/mol. The van der Waals surface area contributed by atoms with Gasteiger partial charge < -0.3 is 14.3 Å². The van der Waals surface area contributed by atoms with Gasteiger partial charge in [0.15, 0.2) is 10.4 Å². The number of benzene rings is 1. The molecule has 1 N–H and O–H groups in total. The zero-order chi connectivity index (χ0) is 14.8. The molecule has 3 aromatic rings. The van der Waals surface area contributed by atoms with E-state index in [1.165, 1.54) is 16.5 Å². The highest BCUT2D eigenvalue weighted by atomic mass is 79.9. The minimum absolute atomic E-state index is 0.201. The lowest BCUT2D eigenvalue weighted by molar-refractivity contribution is 0.0923. The SMILES string of the molecule is Cc1cccc2c1ccn2CCNC(=O)c1ccc(Br)o1. The number of fused-ring (bicyclic) bond motifs is 1. The van der Waals surface area contributed by atoms with Crippen molar-refractivity contribution in [3.63, 3.8) is 0 Å². The lowest BCUT2D eigenvalue weighted by atomic mass is 10.1. The molecule has 1 amide bonds. The van der Waals surface area contributed by atoms with Gasteiger partial charge in [0.25, 0.3) is 5.91 Å². The highest BCUT2D eigenvalue weighted by Gasteiger charge is 2.09. The van der Waals surface area contributed by atoms with Crippen LogP contribution in [0.5, 0.6) is 0 Å². The summed E-state index contributed by atoms with van der Waals surface area (Å²) in [5.41, 5.74) is 2.45. The van der Waals surface area contributed by atoms with Crippen molar-refractivity contribution in [1.82, 2.24) is 9.88 Å². The quantitative estimate of drug-likeness (QED) is 0.782. The Morgan fingerprint density at radius 3 is 2.90 bits per heavy atom. The third-order valence-corrected chi connectivity index (χ3v) is 3.89. The molecule has 0 spiro atoms. The summed E-state index contributed by atoms with van der Waals surface area (Å²) in [4.78, 5) is 11.9. The highest BCUT2D eigenvalue weighted by molar-refractivity contribution is 9.10. The van der Waals surface area contributed by atoms with Crippen LogP contribution in [0.1, 0.15) is 16.1 Å². The van der Waals surface area contributed by atoms with E-state index in [0.29, 0.717) is 17.0 Å². The number of furan rings is 1. The van der Waals surface area contributed by atoms with Crippen LogP contribution in [-0.4, -0.2) is 17.0 Å². The molecule has 0 saturated carbocycles. The number of rotatable bonds is 4. The summed E-state index contributed by atoms with van der Waals surface area (Å²) in [7, 11) is 0. The second-order valence-electron chi connectivity index (χ2n) is 4.88. The van der Waals surface area contributed by atoms with Gasteiger partial charge in [0.2, 0.25) is 0 Å². The van der Waals surface area contributed by atoms with Gasteiger partial charge in [-0.3, -0.25) is 4.79 Å². The van der Waals surface area contributed by atoms with Crippen LogP contribution in [0.15, 0.2) is 51.7 Å². The molecule has 2 heterocycles. The molecule has 21 heavy (non-hydrogen) atoms. The fourth-order valence-corrected chi connectivity index (χ4v) is 2.69. The summed E-state index contributed by atoms with van der Waals surface area (Å²) in [6.07, 6.45) is 2.05. The van der Waals surface area contributed by atoms with E-state index in [1.54, 1.807) is 12.1 Å². The molecule has 3 rings (SSSR count). The maximum absolute atomic E-state index is 11.9. The molecule has 1 aromatic carbocycles. The molecular formula is C16H15BrN2O2. The Hall–Kier alpha value is -2.01. The van der Waals surface area contributed by atoms with Crippen LogP contribution in [0.3, 0.4) is 0 Å². The Morgan fingerprint density at radius 1 is 1.29 bits per heavy atom. The first-order valence-electron chi connectivity index (χ1n) is 6.73. The molecule has 0 saturated heterocycles. The van der Waals surface area contributed by atoms with Crippen molar-refractivity contribution in [2.75, 3.05) is 6.54 Å². The van der Waals surface area contributed by atoms with E-state index in [1.807, 2.05) is 12.3 Å². The lowest BCUT2D eigenvalue weighted by Gasteiger charge is -2.07. The first-order chi connectivity index (χ1) is 10.1. The van der Waals surface area contributed by atoms with Gasteiger partial charge in [-0.05, 0) is 52.7 Å². The van der Waals surface area contributed by atoms with Crippen molar-refractivity contribution in [3.05, 3.63) is 58.6 Å². The molecule has 0 atom stereocenters. The number of aryl methyl sites for hydroxylation is 1. The topological polar surface area (TPSA) is 47.2 Å². The van der Waals surface area contributed by atoms with Crippen LogP contribution in [0.2, 0.25) is 0 Å². The average Bonchev–Trinajstić information content (AvgIpc) is 3.07. The number of nitrogens with one attached hydrogen (secondary N) is 1. The maximum atomic E-state index is 11.9. The number of carbonyl (C=O) groups is 1. The van der Waals surface area contributed by atoms with Crippen molar-refractivity contribution in [2.24, 2.45) is 0 Å². The summed E-state index contributed by atoms with van der Waals surface area (Å²) in [6.45, 7) is 3.37. The Morgan fingerprint density at radius 2 is 2.14 bits per heavy atom. The summed E-state index contributed by atoms with van der Waals surface area (Å²) < 4.78 is 7.91. The van der Waals surface area contributed by atoms with Crippen LogP contribution >= 0.6 is 15.9 Å². The molecule has 2 aromatic heterocycles. The molecule has 0 aliphatic carbocycles. The van der Waals surface area contributed by atoms with E-state index in [4.69, 9.17) is 4.42 Å². The van der Waals surface area contributed by atoms with E-state index in [2.05, 4.69) is 50.9 Å². The van der Waals surface area contributed by atoms with Gasteiger partial charge in [-0.15, -0.1) is 0 Å². The van der Waals surface area contributed by atoms with Gasteiger partial charge in [-0.1, -0.05) is 12.1 Å². The number of hydrogen-bond acceptors (Lipinski definition) is 2. The largest absolute Gasteiger partial charge is 0.444 e. The second-order valence-corrected chi connectivity index (χ2v) is 5.66. The Labute approximate surface area is 130 Å². The number of carbonyl (C=O) groups excluding carboxylic acids is 1. The average molecular weight is 347 g/mol. The minimum atomic E-state index is -0.201. The van der Waals surface area contributed by atoms with Crippen molar-refractivity contribution in [1.29, 1.82) is 0 Å². The smallest absolute Gasteiger partial charge is 0.287 e. The van der Waals surface area contributed by atoms with Crippen LogP contribution in [0.4, 0.5) is 0 Å². The zero-order valence-electron chi connectivity index (χ0n) is 11.6. The van der Waals surface area contributed by atoms with Gasteiger partial charge in [-0.2, -0.15) is 0 Å². The normalized spacial score (nSPS) is 11.0. The molecule has 0 unspecified atom stereocenters. The Balaban J connectivity index is 1.65. The summed E-state index contributed by atoms with van der Waals surface area (Å²) in [5, 5.41) is 4.10. The molecule has 5 heteroatoms. The highest BCUT2D eigenvalue weighted by Crippen LogP contribution is 2.19. The fraction of sp³-hybridized carbons (Fsp3) is 0.188. The minimum Gasteiger partial charge on any atom is -0.444 e. The molecule has 0 bridgehead atoms. The molecule has 0 aliphatic rings. The van der Waals surface area contributed by atoms with Gasteiger partial charge >= 0.3 is 0 Å². The second kappa shape index (κ2) is 5.77. The van der Waals surface area contributed by atoms with Crippen LogP contribution < -0.4 is 5.32 Å². The number of nitrogens with zero attached hydrogens (tertiary/aromatic N) is 1. The fourth-order valence-electron chi connectivity index (χ4n) is 2.39. The number of halogens is 1. The van der Waals surface area contributed by atoms with Crippen LogP contribution in [0.25, 0.3) is 10.9 Å². The van der Waals surface area contributed by atoms with Gasteiger partial charge in [0.1, 0.15) is 0 Å². The Kier molecular flexibility index (Phi) is 3.84. The first kappa shape index (κ1) is 13.9. The molecule has 0 fully saturated rings. The van der Waals surface area contributed by atoms with E-state index in [-0.39, 0.29) is 5.91 Å². The third kappa shape index (κ3) is 2.88. The Bertz CT molecular complexity index is 789. The predicted octanol–water partition coefficient (Wildman–Crippen LogP) is 3.74. The standard InChI is InChI=1S/C16H15BrN2O2/c1-11-3-2-4-13-12(11)7-9-19(13)10-8-18-16(20)14-5-6-15(17)21-14/h2-7,9H,8,10H2,1H3,(H,18,20). The van der Waals surface area contributed by atoms with E-state index in [9.17, 15) is 4.79 Å². The van der Waals surface area contributed by atoms with Crippen LogP contribution in [0, 0.1) is 6.92 Å². The third-order valence-electron chi connectivity index (χ3n) is 3.47. The monoisotopic (exact) mass is 346 g/mol. The van der Waals surface area contributed by atoms with Crippen LogP contribution in [-0.2, 0) is 6.54 Å². The summed E-state index contributed by atoms with van der Waals surface area (Å²) in [5.74, 6) is 0.114. The van der Waals surface area contributed by atoms with Crippen molar-refractivity contribution >= 4 is 32.7 Å². The molecule has 0 aliphatic heterocycles. The van der Waals surface area contributed by atoms with Gasteiger partial charge in [0, 0.05) is 30.2 Å². The molecule has 4 nitrogen and oxygen atoms in total. The van der Waals surface area contributed by atoms with E-state index < -0.39 is 0 Å². The van der Waals surface area contributed by atoms with E-state index >= 15 is 0 Å². The summed E-state index contributed by atoms with van der Waals surface area (Å²) >= 11 is 3.18. The zero-order valence-corrected chi connectivity index (χ0v) is 13.2. The number of aromatic nitrogens is 1.